The van der Waals surface area contributed by atoms with Crippen LogP contribution >= 0.6 is 0 Å². The molecule has 0 aromatic heterocycles. The lowest BCUT2D eigenvalue weighted by atomic mass is 9.68. The van der Waals surface area contributed by atoms with Crippen LogP contribution in [-0.2, 0) is 16.8 Å². The van der Waals surface area contributed by atoms with Crippen molar-refractivity contribution in [1.29, 1.82) is 0 Å². The van der Waals surface area contributed by atoms with E-state index in [1.807, 2.05) is 42.5 Å². The second-order valence-electron chi connectivity index (χ2n) is 7.83. The van der Waals surface area contributed by atoms with E-state index in [0.717, 1.165) is 29.7 Å². The van der Waals surface area contributed by atoms with E-state index in [0.29, 0.717) is 24.5 Å². The number of benzene rings is 2. The smallest absolute Gasteiger partial charge is 0.169 e. The second-order valence-corrected chi connectivity index (χ2v) is 7.83. The first-order chi connectivity index (χ1) is 14.1. The summed E-state index contributed by atoms with van der Waals surface area (Å²) in [5.41, 5.74) is 2.97. The SMILES string of the molecule is C=Cc1c([C@@]23C=CC(=O)C[C@@H]2N(C)CC3)ccc(OC)c1OCc1ccccc1. The van der Waals surface area contributed by atoms with E-state index < -0.39 is 0 Å². The average Bonchev–Trinajstić information content (AvgIpc) is 3.09. The first-order valence-corrected chi connectivity index (χ1v) is 10.0. The van der Waals surface area contributed by atoms with Crippen LogP contribution in [0.1, 0.15) is 29.5 Å². The predicted octanol–water partition coefficient (Wildman–Crippen LogP) is 4.39. The molecular formula is C25H27NO3. The number of fused-ring (bicyclic) bond motifs is 1. The molecule has 0 N–H and O–H groups in total. The topological polar surface area (TPSA) is 38.8 Å². The quantitative estimate of drug-likeness (QED) is 0.735. The molecule has 2 atom stereocenters. The summed E-state index contributed by atoms with van der Waals surface area (Å²) in [6.45, 7) is 5.48. The van der Waals surface area contributed by atoms with Crippen molar-refractivity contribution in [2.75, 3.05) is 20.7 Å². The van der Waals surface area contributed by atoms with Gasteiger partial charge in [-0.15, -0.1) is 0 Å². The standard InChI is InChI=1S/C25H27NO3/c1-4-20-21(25-13-12-19(27)16-23(25)26(2)15-14-25)10-11-22(28-3)24(20)29-17-18-8-6-5-7-9-18/h4-13,23H,1,14-17H2,2-3H3/t23-,25-/m0/s1. The van der Waals surface area contributed by atoms with Crippen molar-refractivity contribution >= 4 is 11.9 Å². The number of carbonyl (C=O) groups excluding carboxylic acids is 1. The van der Waals surface area contributed by atoms with Gasteiger partial charge < -0.3 is 14.4 Å². The van der Waals surface area contributed by atoms with E-state index >= 15 is 0 Å². The molecule has 0 radical (unpaired) electrons. The summed E-state index contributed by atoms with van der Waals surface area (Å²) in [5, 5.41) is 0. The number of methoxy groups -OCH3 is 1. The molecular weight excluding hydrogens is 362 g/mol. The maximum Gasteiger partial charge on any atom is 0.169 e. The summed E-state index contributed by atoms with van der Waals surface area (Å²) in [6, 6.07) is 14.3. The molecule has 4 heteroatoms. The molecule has 0 spiro atoms. The number of hydrogen-bond donors (Lipinski definition) is 0. The Labute approximate surface area is 172 Å². The molecule has 4 nitrogen and oxygen atoms in total. The third-order valence-corrected chi connectivity index (χ3v) is 6.28. The number of rotatable bonds is 6. The molecule has 1 saturated heterocycles. The number of carbonyl (C=O) groups is 1. The molecule has 150 valence electrons. The van der Waals surface area contributed by atoms with Gasteiger partial charge in [-0.05, 0) is 43.3 Å². The van der Waals surface area contributed by atoms with Gasteiger partial charge in [0, 0.05) is 23.4 Å². The predicted molar refractivity (Wildman–Crippen MR) is 115 cm³/mol. The van der Waals surface area contributed by atoms with Gasteiger partial charge in [-0.3, -0.25) is 4.79 Å². The minimum Gasteiger partial charge on any atom is -0.493 e. The van der Waals surface area contributed by atoms with Crippen LogP contribution < -0.4 is 9.47 Å². The zero-order valence-electron chi connectivity index (χ0n) is 17.1. The number of ketones is 1. The Balaban J connectivity index is 1.79. The van der Waals surface area contributed by atoms with Gasteiger partial charge >= 0.3 is 0 Å². The zero-order valence-corrected chi connectivity index (χ0v) is 17.1. The Kier molecular flexibility index (Phi) is 5.29. The maximum absolute atomic E-state index is 12.1. The fraction of sp³-hybridized carbons (Fsp3) is 0.320. The van der Waals surface area contributed by atoms with Crippen LogP contribution in [0.25, 0.3) is 6.08 Å². The third kappa shape index (κ3) is 3.38. The highest BCUT2D eigenvalue weighted by Gasteiger charge is 2.49. The van der Waals surface area contributed by atoms with E-state index in [2.05, 4.69) is 30.7 Å². The van der Waals surface area contributed by atoms with E-state index in [4.69, 9.17) is 9.47 Å². The molecule has 0 bridgehead atoms. The summed E-state index contributed by atoms with van der Waals surface area (Å²) in [6.07, 6.45) is 7.20. The van der Waals surface area contributed by atoms with E-state index in [-0.39, 0.29) is 17.2 Å². The highest BCUT2D eigenvalue weighted by Crippen LogP contribution is 2.49. The van der Waals surface area contributed by atoms with Gasteiger partial charge in [-0.1, -0.05) is 55.1 Å². The Morgan fingerprint density at radius 3 is 2.76 bits per heavy atom. The first-order valence-electron chi connectivity index (χ1n) is 10.0. The molecule has 0 unspecified atom stereocenters. The lowest BCUT2D eigenvalue weighted by Gasteiger charge is -2.38. The van der Waals surface area contributed by atoms with Gasteiger partial charge in [0.25, 0.3) is 0 Å². The molecule has 1 heterocycles. The Morgan fingerprint density at radius 2 is 2.03 bits per heavy atom. The number of likely N-dealkylation sites (tertiary alicyclic amines) is 1. The molecule has 29 heavy (non-hydrogen) atoms. The second kappa shape index (κ2) is 7.88. The highest BCUT2D eigenvalue weighted by molar-refractivity contribution is 5.92. The van der Waals surface area contributed by atoms with Gasteiger partial charge in [0.15, 0.2) is 17.3 Å². The third-order valence-electron chi connectivity index (χ3n) is 6.28. The maximum atomic E-state index is 12.1. The Hall–Kier alpha value is -2.85. The summed E-state index contributed by atoms with van der Waals surface area (Å²) < 4.78 is 11.9. The van der Waals surface area contributed by atoms with Gasteiger partial charge in [-0.2, -0.15) is 0 Å². The van der Waals surface area contributed by atoms with Gasteiger partial charge in [0.05, 0.1) is 7.11 Å². The van der Waals surface area contributed by atoms with Crippen molar-refractivity contribution in [1.82, 2.24) is 4.90 Å². The molecule has 4 rings (SSSR count). The van der Waals surface area contributed by atoms with Crippen LogP contribution in [0.2, 0.25) is 0 Å². The van der Waals surface area contributed by atoms with Crippen molar-refractivity contribution < 1.29 is 14.3 Å². The van der Waals surface area contributed by atoms with Crippen LogP contribution in [0, 0.1) is 0 Å². The lowest BCUT2D eigenvalue weighted by molar-refractivity contribution is -0.116. The molecule has 2 aromatic carbocycles. The summed E-state index contributed by atoms with van der Waals surface area (Å²) in [4.78, 5) is 14.4. The number of hydrogen-bond acceptors (Lipinski definition) is 4. The molecule has 0 amide bonds. The molecule has 1 aliphatic carbocycles. The number of nitrogens with zero attached hydrogens (tertiary/aromatic N) is 1. The average molecular weight is 389 g/mol. The van der Waals surface area contributed by atoms with Crippen molar-refractivity contribution in [3.63, 3.8) is 0 Å². The van der Waals surface area contributed by atoms with Crippen LogP contribution in [0.5, 0.6) is 11.5 Å². The molecule has 1 fully saturated rings. The monoisotopic (exact) mass is 389 g/mol. The van der Waals surface area contributed by atoms with Crippen molar-refractivity contribution in [3.8, 4) is 11.5 Å². The highest BCUT2D eigenvalue weighted by atomic mass is 16.5. The van der Waals surface area contributed by atoms with E-state index in [1.54, 1.807) is 13.2 Å². The lowest BCUT2D eigenvalue weighted by Crippen LogP contribution is -2.44. The number of likely N-dealkylation sites (N-methyl/N-ethyl adjacent to an activating group) is 1. The summed E-state index contributed by atoms with van der Waals surface area (Å²) in [7, 11) is 3.75. The minimum absolute atomic E-state index is 0.147. The largest absolute Gasteiger partial charge is 0.493 e. The van der Waals surface area contributed by atoms with Gasteiger partial charge in [0.2, 0.25) is 0 Å². The van der Waals surface area contributed by atoms with Crippen LogP contribution in [0.3, 0.4) is 0 Å². The normalized spacial score (nSPS) is 23.7. The van der Waals surface area contributed by atoms with Crippen molar-refractivity contribution in [2.24, 2.45) is 0 Å². The number of ether oxygens (including phenoxy) is 2. The van der Waals surface area contributed by atoms with Crippen LogP contribution in [0.15, 0.2) is 61.2 Å². The number of allylic oxidation sites excluding steroid dienone is 1. The molecule has 2 aromatic rings. The van der Waals surface area contributed by atoms with Crippen LogP contribution in [0.4, 0.5) is 0 Å². The Bertz CT molecular complexity index is 950. The fourth-order valence-corrected chi connectivity index (χ4v) is 4.74. The minimum atomic E-state index is -0.219. The zero-order chi connectivity index (χ0) is 20.4. The van der Waals surface area contributed by atoms with Gasteiger partial charge in [0.1, 0.15) is 6.61 Å². The summed E-state index contributed by atoms with van der Waals surface area (Å²) >= 11 is 0. The first kappa shape index (κ1) is 19.5. The van der Waals surface area contributed by atoms with Crippen molar-refractivity contribution in [2.45, 2.75) is 30.9 Å². The molecule has 0 saturated carbocycles. The van der Waals surface area contributed by atoms with Crippen LogP contribution in [-0.4, -0.2) is 37.4 Å². The molecule has 2 aliphatic rings. The van der Waals surface area contributed by atoms with Gasteiger partial charge in [-0.25, -0.2) is 0 Å². The summed E-state index contributed by atoms with van der Waals surface area (Å²) in [5.74, 6) is 1.58. The Morgan fingerprint density at radius 1 is 1.24 bits per heavy atom. The van der Waals surface area contributed by atoms with E-state index in [1.165, 1.54) is 0 Å². The molecule has 1 aliphatic heterocycles. The van der Waals surface area contributed by atoms with E-state index in [9.17, 15) is 4.79 Å². The fourth-order valence-electron chi connectivity index (χ4n) is 4.74. The van der Waals surface area contributed by atoms with Crippen molar-refractivity contribution in [3.05, 3.63) is 77.9 Å².